The lowest BCUT2D eigenvalue weighted by Gasteiger charge is -2.11. The molecule has 1 heterocycles. The standard InChI is InChI=1S/C18H14F3I2N7O/c1-24-15-27-16(26-12-4-2-3-10(6-12)18(19,20)21)29-17(28-15)30-25-8-9-5-11(22)7-13(23)14(9)31/h2-8,31H,1H3,(H3,24,26,27,28,29,30)/b25-8+. The summed E-state index contributed by atoms with van der Waals surface area (Å²) in [4.78, 5) is 12.3. The fraction of sp³-hybridized carbons (Fsp3) is 0.111. The maximum absolute atomic E-state index is 12.9. The quantitative estimate of drug-likeness (QED) is 0.168. The SMILES string of the molecule is CNc1nc(N/N=C/c2cc(I)cc(I)c2O)nc(Nc2cccc(C(F)(F)F)c2)n1. The van der Waals surface area contributed by atoms with Crippen LogP contribution in [0.3, 0.4) is 0 Å². The normalized spacial score (nSPS) is 11.5. The lowest BCUT2D eigenvalue weighted by Crippen LogP contribution is -2.08. The molecule has 0 bridgehead atoms. The van der Waals surface area contributed by atoms with Gasteiger partial charge in [-0.2, -0.15) is 33.2 Å². The summed E-state index contributed by atoms with van der Waals surface area (Å²) in [6, 6.07) is 8.24. The second-order valence-corrected chi connectivity index (χ2v) is 8.36. The summed E-state index contributed by atoms with van der Waals surface area (Å²) >= 11 is 4.14. The summed E-state index contributed by atoms with van der Waals surface area (Å²) in [5.74, 6) is 0.326. The highest BCUT2D eigenvalue weighted by atomic mass is 127. The molecule has 3 rings (SSSR count). The van der Waals surface area contributed by atoms with E-state index >= 15 is 0 Å². The maximum atomic E-state index is 12.9. The molecule has 0 spiro atoms. The average molecular weight is 655 g/mol. The van der Waals surface area contributed by atoms with Crippen LogP contribution in [0.2, 0.25) is 0 Å². The fourth-order valence-corrected chi connectivity index (χ4v) is 4.23. The Balaban J connectivity index is 1.81. The van der Waals surface area contributed by atoms with E-state index in [1.807, 2.05) is 28.7 Å². The molecule has 162 valence electrons. The number of hydrogen-bond donors (Lipinski definition) is 4. The van der Waals surface area contributed by atoms with Gasteiger partial charge in [0.05, 0.1) is 15.3 Å². The van der Waals surface area contributed by atoms with Crippen molar-refractivity contribution < 1.29 is 18.3 Å². The van der Waals surface area contributed by atoms with E-state index in [0.717, 1.165) is 15.7 Å². The van der Waals surface area contributed by atoms with Crippen LogP contribution in [-0.4, -0.2) is 33.3 Å². The number of anilines is 4. The minimum atomic E-state index is -4.47. The molecule has 2 aromatic carbocycles. The zero-order valence-corrected chi connectivity index (χ0v) is 20.0. The molecule has 0 atom stereocenters. The number of nitrogens with one attached hydrogen (secondary N) is 3. The fourth-order valence-electron chi connectivity index (χ4n) is 2.34. The predicted molar refractivity (Wildman–Crippen MR) is 129 cm³/mol. The summed E-state index contributed by atoms with van der Waals surface area (Å²) in [6.45, 7) is 0. The van der Waals surface area contributed by atoms with Crippen LogP contribution < -0.4 is 16.1 Å². The maximum Gasteiger partial charge on any atom is 0.416 e. The number of hydrazone groups is 1. The molecule has 0 amide bonds. The number of alkyl halides is 3. The Hall–Kier alpha value is -2.43. The number of halogens is 5. The van der Waals surface area contributed by atoms with Crippen LogP contribution in [0, 0.1) is 7.14 Å². The highest BCUT2D eigenvalue weighted by Crippen LogP contribution is 2.31. The first-order valence-electron chi connectivity index (χ1n) is 8.51. The van der Waals surface area contributed by atoms with Crippen molar-refractivity contribution in [1.29, 1.82) is 0 Å². The Kier molecular flexibility index (Phi) is 7.34. The van der Waals surface area contributed by atoms with Crippen molar-refractivity contribution in [2.24, 2.45) is 5.10 Å². The van der Waals surface area contributed by atoms with E-state index < -0.39 is 11.7 Å². The molecule has 13 heteroatoms. The van der Waals surface area contributed by atoms with E-state index in [4.69, 9.17) is 0 Å². The Morgan fingerprint density at radius 2 is 1.74 bits per heavy atom. The third kappa shape index (κ3) is 6.28. The summed E-state index contributed by atoms with van der Waals surface area (Å²) in [5.41, 5.74) is 2.49. The van der Waals surface area contributed by atoms with E-state index in [1.165, 1.54) is 18.3 Å². The van der Waals surface area contributed by atoms with Gasteiger partial charge in [-0.3, -0.25) is 0 Å². The number of rotatable bonds is 6. The van der Waals surface area contributed by atoms with Gasteiger partial charge in [0.25, 0.3) is 0 Å². The Morgan fingerprint density at radius 3 is 2.45 bits per heavy atom. The lowest BCUT2D eigenvalue weighted by atomic mass is 10.2. The largest absolute Gasteiger partial charge is 0.506 e. The second kappa shape index (κ2) is 9.80. The van der Waals surface area contributed by atoms with Crippen molar-refractivity contribution >= 4 is 74.9 Å². The number of nitrogens with zero attached hydrogens (tertiary/aromatic N) is 4. The van der Waals surface area contributed by atoms with Crippen LogP contribution in [-0.2, 0) is 6.18 Å². The number of hydrogen-bond acceptors (Lipinski definition) is 8. The number of phenolic OH excluding ortho intramolecular Hbond substituents is 1. The topological polar surface area (TPSA) is 107 Å². The average Bonchev–Trinajstić information content (AvgIpc) is 2.71. The first-order valence-corrected chi connectivity index (χ1v) is 10.7. The molecule has 0 radical (unpaired) electrons. The van der Waals surface area contributed by atoms with Crippen LogP contribution >= 0.6 is 45.2 Å². The minimum absolute atomic E-state index is 0.0167. The molecule has 0 unspecified atom stereocenters. The summed E-state index contributed by atoms with van der Waals surface area (Å²) in [5, 5.41) is 19.6. The summed E-state index contributed by atoms with van der Waals surface area (Å²) in [7, 11) is 1.59. The molecular weight excluding hydrogens is 641 g/mol. The van der Waals surface area contributed by atoms with Gasteiger partial charge in [0.15, 0.2) is 0 Å². The van der Waals surface area contributed by atoms with Gasteiger partial charge in [-0.1, -0.05) is 6.07 Å². The molecule has 31 heavy (non-hydrogen) atoms. The van der Waals surface area contributed by atoms with Crippen molar-refractivity contribution in [2.75, 3.05) is 23.1 Å². The van der Waals surface area contributed by atoms with E-state index in [0.29, 0.717) is 9.13 Å². The lowest BCUT2D eigenvalue weighted by molar-refractivity contribution is -0.137. The molecule has 0 aliphatic rings. The Morgan fingerprint density at radius 1 is 1.03 bits per heavy atom. The number of aromatic nitrogens is 3. The molecule has 8 nitrogen and oxygen atoms in total. The van der Waals surface area contributed by atoms with Gasteiger partial charge < -0.3 is 15.7 Å². The third-order valence-electron chi connectivity index (χ3n) is 3.73. The van der Waals surface area contributed by atoms with E-state index in [1.54, 1.807) is 13.1 Å². The molecule has 3 aromatic rings. The first kappa shape index (κ1) is 23.2. The van der Waals surface area contributed by atoms with Crippen molar-refractivity contribution in [3.8, 4) is 5.75 Å². The van der Waals surface area contributed by atoms with Crippen LogP contribution in [0.25, 0.3) is 0 Å². The molecule has 0 fully saturated rings. The molecule has 0 saturated carbocycles. The van der Waals surface area contributed by atoms with Crippen LogP contribution in [0.4, 0.5) is 36.7 Å². The van der Waals surface area contributed by atoms with Crippen molar-refractivity contribution in [2.45, 2.75) is 6.18 Å². The predicted octanol–water partition coefficient (Wildman–Crippen LogP) is 5.04. The molecule has 0 aliphatic heterocycles. The van der Waals surface area contributed by atoms with Gasteiger partial charge in [0.2, 0.25) is 17.8 Å². The number of aromatic hydroxyl groups is 1. The summed E-state index contributed by atoms with van der Waals surface area (Å²) < 4.78 is 40.4. The molecule has 0 saturated heterocycles. The van der Waals surface area contributed by atoms with Crippen LogP contribution in [0.5, 0.6) is 5.75 Å². The Labute approximate surface area is 202 Å². The molecule has 4 N–H and O–H groups in total. The smallest absolute Gasteiger partial charge is 0.416 e. The van der Waals surface area contributed by atoms with Gasteiger partial charge in [-0.25, -0.2) is 5.43 Å². The Bertz CT molecular complexity index is 1130. The molecule has 0 aliphatic carbocycles. The van der Waals surface area contributed by atoms with Crippen LogP contribution in [0.1, 0.15) is 11.1 Å². The number of phenols is 1. The van der Waals surface area contributed by atoms with E-state index in [2.05, 4.69) is 58.7 Å². The van der Waals surface area contributed by atoms with Gasteiger partial charge in [-0.15, -0.1) is 0 Å². The number of benzene rings is 2. The third-order valence-corrected chi connectivity index (χ3v) is 5.18. The van der Waals surface area contributed by atoms with Gasteiger partial charge in [0, 0.05) is 21.9 Å². The second-order valence-electron chi connectivity index (χ2n) is 5.96. The summed E-state index contributed by atoms with van der Waals surface area (Å²) in [6.07, 6.45) is -3.06. The van der Waals surface area contributed by atoms with Crippen molar-refractivity contribution in [1.82, 2.24) is 15.0 Å². The minimum Gasteiger partial charge on any atom is -0.506 e. The zero-order chi connectivity index (χ0) is 22.6. The highest BCUT2D eigenvalue weighted by molar-refractivity contribution is 14.1. The molecule has 1 aromatic heterocycles. The van der Waals surface area contributed by atoms with Crippen molar-refractivity contribution in [3.63, 3.8) is 0 Å². The van der Waals surface area contributed by atoms with Gasteiger partial charge in [0.1, 0.15) is 5.75 Å². The van der Waals surface area contributed by atoms with Crippen LogP contribution in [0.15, 0.2) is 41.5 Å². The van der Waals surface area contributed by atoms with Gasteiger partial charge in [-0.05, 0) is 75.5 Å². The van der Waals surface area contributed by atoms with Gasteiger partial charge >= 0.3 is 6.18 Å². The monoisotopic (exact) mass is 655 g/mol. The van der Waals surface area contributed by atoms with E-state index in [9.17, 15) is 18.3 Å². The van der Waals surface area contributed by atoms with Crippen molar-refractivity contribution in [3.05, 3.63) is 54.7 Å². The highest BCUT2D eigenvalue weighted by Gasteiger charge is 2.30. The van der Waals surface area contributed by atoms with E-state index in [-0.39, 0.29) is 29.3 Å². The zero-order valence-electron chi connectivity index (χ0n) is 15.7. The molecular formula is C18H14F3I2N7O. The first-order chi connectivity index (χ1) is 14.7.